The first-order valence-electron chi connectivity index (χ1n) is 2.26. The monoisotopic (exact) mass is 243 g/mol. The summed E-state index contributed by atoms with van der Waals surface area (Å²) in [5.41, 5.74) is 0. The van der Waals surface area contributed by atoms with E-state index in [1.54, 1.807) is 0 Å². The Kier molecular flexibility index (Phi) is 21.5. The van der Waals surface area contributed by atoms with Gasteiger partial charge >= 0.3 is 37.4 Å². The topological polar surface area (TPSA) is 181 Å². The van der Waals surface area contributed by atoms with Crippen LogP contribution < -0.4 is 34.7 Å². The molecule has 0 aliphatic carbocycles. The Bertz CT molecular complexity index is 171. The third kappa shape index (κ3) is 28300. The van der Waals surface area contributed by atoms with E-state index in [1.807, 2.05) is 0 Å². The normalized spacial score (nSPS) is 7.71. The van der Waals surface area contributed by atoms with Crippen molar-refractivity contribution in [3.63, 3.8) is 0 Å². The summed E-state index contributed by atoms with van der Waals surface area (Å²) in [6.07, 6.45) is 0. The smallest absolute Gasteiger partial charge is 0.550 e. The summed E-state index contributed by atoms with van der Waals surface area (Å²) in [4.78, 5) is 38.8. The van der Waals surface area contributed by atoms with Crippen molar-refractivity contribution in [3.8, 4) is 0 Å². The Morgan fingerprint density at radius 3 is 1.36 bits per heavy atom. The molecule has 0 radical (unpaired) electrons. The molecule has 0 aliphatic rings. The first kappa shape index (κ1) is 23.5. The van der Waals surface area contributed by atoms with E-state index in [1.165, 1.54) is 0 Å². The molecule has 12 heteroatoms. The van der Waals surface area contributed by atoms with Crippen molar-refractivity contribution in [2.75, 3.05) is 0 Å². The maximum atomic E-state index is 8.89. The van der Waals surface area contributed by atoms with Crippen molar-refractivity contribution in [1.82, 2.24) is 0 Å². The molecule has 0 fully saturated rings. The van der Waals surface area contributed by atoms with Gasteiger partial charge in [0.25, 0.3) is 5.09 Å². The minimum atomic E-state index is -4.64. The zero-order valence-corrected chi connectivity index (χ0v) is 10.1. The molecule has 0 saturated heterocycles. The van der Waals surface area contributed by atoms with Crippen molar-refractivity contribution in [1.29, 1.82) is 0 Å². The number of carbonyl (C=O) groups is 1. The molecule has 0 aromatic heterocycles. The van der Waals surface area contributed by atoms with Crippen molar-refractivity contribution < 1.29 is 69.0 Å². The Morgan fingerprint density at radius 2 is 1.36 bits per heavy atom. The molecule has 4 N–H and O–H groups in total. The summed E-state index contributed by atoms with van der Waals surface area (Å²) in [5, 5.41) is 22.5. The molecule has 0 bridgehead atoms. The number of carbonyl (C=O) groups excluding carboxylic acids is 1. The van der Waals surface area contributed by atoms with Crippen LogP contribution >= 0.6 is 7.82 Å². The van der Waals surface area contributed by atoms with Crippen LogP contribution in [0.15, 0.2) is 0 Å². The van der Waals surface area contributed by atoms with Gasteiger partial charge in [0.1, 0.15) is 0 Å². The zero-order valence-electron chi connectivity index (χ0n) is 7.22. The number of phosphoric acid groups is 1. The van der Waals surface area contributed by atoms with Gasteiger partial charge < -0.3 is 29.8 Å². The average molecular weight is 243 g/mol. The molecule has 0 heterocycles. The van der Waals surface area contributed by atoms with Crippen LogP contribution in [0.5, 0.6) is 0 Å². The Balaban J connectivity index is -0.0000000522. The Hall–Kier alpha value is -0.220. The van der Waals surface area contributed by atoms with Crippen molar-refractivity contribution in [2.24, 2.45) is 0 Å². The second-order valence-corrected chi connectivity index (χ2v) is 2.27. The van der Waals surface area contributed by atoms with Gasteiger partial charge in [0.15, 0.2) is 0 Å². The number of rotatable bonds is 0. The van der Waals surface area contributed by atoms with Gasteiger partial charge in [0, 0.05) is 5.97 Å². The van der Waals surface area contributed by atoms with Crippen molar-refractivity contribution >= 4 is 13.8 Å². The number of hydrogen-bond acceptors (Lipinski definition) is 5. The van der Waals surface area contributed by atoms with Gasteiger partial charge in [-0.1, -0.05) is 0 Å². The van der Waals surface area contributed by atoms with E-state index in [-0.39, 0.29) is 29.6 Å². The van der Waals surface area contributed by atoms with Crippen LogP contribution in [0, 0.1) is 10.1 Å². The maximum absolute atomic E-state index is 8.89. The largest absolute Gasteiger partial charge is 1.00 e. The van der Waals surface area contributed by atoms with Crippen LogP contribution in [0.4, 0.5) is 0 Å². The fraction of sp³-hybridized carbons (Fsp3) is 0.500. The summed E-state index contributed by atoms with van der Waals surface area (Å²) >= 11 is 0. The zero-order chi connectivity index (χ0) is 11.7. The Labute approximate surface area is 99.8 Å². The summed E-state index contributed by atoms with van der Waals surface area (Å²) in [6.45, 7) is 0.972. The second-order valence-electron chi connectivity index (χ2n) is 1.24. The fourth-order valence-electron chi connectivity index (χ4n) is 0. The number of aliphatic carboxylic acids is 1. The van der Waals surface area contributed by atoms with Crippen LogP contribution in [0.2, 0.25) is 0 Å². The number of carboxylic acid groups (broad SMARTS) is 1. The quantitative estimate of drug-likeness (QED) is 0.139. The first-order valence-corrected chi connectivity index (χ1v) is 3.82. The van der Waals surface area contributed by atoms with Crippen LogP contribution in [-0.4, -0.2) is 30.9 Å². The van der Waals surface area contributed by atoms with Crippen LogP contribution in [-0.2, 0) is 9.36 Å². The second kappa shape index (κ2) is 12.8. The van der Waals surface area contributed by atoms with Gasteiger partial charge in [-0.15, -0.1) is 10.1 Å². The maximum Gasteiger partial charge on any atom is 1.00 e. The summed E-state index contributed by atoms with van der Waals surface area (Å²) in [7, 11) is -4.64. The van der Waals surface area contributed by atoms with Gasteiger partial charge in [0.2, 0.25) is 0 Å². The van der Waals surface area contributed by atoms with E-state index in [0.29, 0.717) is 0 Å². The van der Waals surface area contributed by atoms with Gasteiger partial charge in [-0.25, -0.2) is 4.57 Å². The van der Waals surface area contributed by atoms with Gasteiger partial charge in [0.05, 0.1) is 0 Å². The molecule has 0 rings (SSSR count). The number of nitrogens with zero attached hydrogens (tertiary/aromatic N) is 1. The van der Waals surface area contributed by atoms with Gasteiger partial charge in [-0.3, -0.25) is 0 Å². The molecule has 14 heavy (non-hydrogen) atoms. The molecule has 0 atom stereocenters. The van der Waals surface area contributed by atoms with E-state index in [0.717, 1.165) is 6.92 Å². The Morgan fingerprint density at radius 1 is 1.36 bits per heavy atom. The first-order chi connectivity index (χ1) is 5.46. The van der Waals surface area contributed by atoms with Crippen molar-refractivity contribution in [2.45, 2.75) is 6.92 Å². The summed E-state index contributed by atoms with van der Waals surface area (Å²) in [6, 6.07) is 0. The molecular formula is C2H7NNaO9P. The predicted octanol–water partition coefficient (Wildman–Crippen LogP) is -5.52. The third-order valence-corrected chi connectivity index (χ3v) is 0. The molecule has 0 amide bonds. The molecule has 0 aromatic rings. The standard InChI is InChI=1S/C2H4O2.HNO3.Na.H3O4P/c1-2(3)4;2-1(3)4;;1-5(2,3)4/h1H3,(H,3,4);(H,2,3,4);;(H3,1,2,3,4)/q;;+1;/p-1. The molecule has 0 unspecified atom stereocenters. The van der Waals surface area contributed by atoms with Gasteiger partial charge in [-0.05, 0) is 6.92 Å². The molecular weight excluding hydrogens is 236 g/mol. The molecule has 0 aliphatic heterocycles. The minimum absolute atomic E-state index is 0. The predicted molar refractivity (Wildman–Crippen MR) is 33.7 cm³/mol. The van der Waals surface area contributed by atoms with E-state index < -0.39 is 18.9 Å². The summed E-state index contributed by atoms with van der Waals surface area (Å²) in [5.74, 6) is -1.08. The fourth-order valence-corrected chi connectivity index (χ4v) is 0. The van der Waals surface area contributed by atoms with Gasteiger partial charge in [-0.2, -0.15) is 0 Å². The minimum Gasteiger partial charge on any atom is -0.550 e. The SMILES string of the molecule is CC(=O)[O-].O=P(O)(O)O.O=[N+]([O-])O.[Na+]. The van der Waals surface area contributed by atoms with E-state index >= 15 is 0 Å². The molecule has 0 saturated carbocycles. The molecule has 0 aromatic carbocycles. The molecule has 80 valence electrons. The van der Waals surface area contributed by atoms with E-state index in [4.69, 9.17) is 44.5 Å². The third-order valence-electron chi connectivity index (χ3n) is 0. The van der Waals surface area contributed by atoms with Crippen molar-refractivity contribution in [3.05, 3.63) is 10.1 Å². The molecule has 10 nitrogen and oxygen atoms in total. The van der Waals surface area contributed by atoms with E-state index in [9.17, 15) is 0 Å². The van der Waals surface area contributed by atoms with E-state index in [2.05, 4.69) is 0 Å². The molecule has 0 spiro atoms. The number of hydrogen-bond donors (Lipinski definition) is 4. The van der Waals surface area contributed by atoms with Crippen LogP contribution in [0.1, 0.15) is 6.92 Å². The summed E-state index contributed by atoms with van der Waals surface area (Å²) < 4.78 is 8.88. The average Bonchev–Trinajstić information content (AvgIpc) is 1.50. The number of carboxylic acids is 1. The van der Waals surface area contributed by atoms with Crippen LogP contribution in [0.25, 0.3) is 0 Å². The van der Waals surface area contributed by atoms with Crippen LogP contribution in [0.3, 0.4) is 0 Å².